The van der Waals surface area contributed by atoms with Gasteiger partial charge in [-0.3, -0.25) is 0 Å². The molecule has 0 aromatic heterocycles. The van der Waals surface area contributed by atoms with E-state index in [0.29, 0.717) is 10.9 Å². The lowest BCUT2D eigenvalue weighted by atomic mass is 9.81. The number of anilines is 1. The highest BCUT2D eigenvalue weighted by molar-refractivity contribution is 7.89. The molecule has 0 aliphatic heterocycles. The molecule has 0 saturated heterocycles. The number of sulfonamides is 1. The normalized spacial score (nSPS) is 17.6. The predicted molar refractivity (Wildman–Crippen MR) is 82.5 cm³/mol. The molecular formula is C15H24N2O2S. The maximum absolute atomic E-state index is 11.8. The lowest BCUT2D eigenvalue weighted by molar-refractivity contribution is 0.286. The summed E-state index contributed by atoms with van der Waals surface area (Å²) >= 11 is 0. The second-order valence-corrected chi connectivity index (χ2v) is 7.65. The minimum absolute atomic E-state index is 0.309. The molecule has 0 bridgehead atoms. The van der Waals surface area contributed by atoms with E-state index in [2.05, 4.69) is 17.0 Å². The van der Waals surface area contributed by atoms with Crippen LogP contribution < -0.4 is 10.0 Å². The highest BCUT2D eigenvalue weighted by atomic mass is 32.2. The summed E-state index contributed by atoms with van der Waals surface area (Å²) in [6.07, 6.45) is 5.17. The van der Waals surface area contributed by atoms with E-state index in [1.807, 2.05) is 13.0 Å². The number of hydrogen-bond acceptors (Lipinski definition) is 3. The van der Waals surface area contributed by atoms with Gasteiger partial charge >= 0.3 is 0 Å². The van der Waals surface area contributed by atoms with Crippen molar-refractivity contribution in [2.24, 2.45) is 5.92 Å². The van der Waals surface area contributed by atoms with Crippen molar-refractivity contribution >= 4 is 15.7 Å². The van der Waals surface area contributed by atoms with Crippen LogP contribution in [0.3, 0.4) is 0 Å². The van der Waals surface area contributed by atoms with Crippen LogP contribution in [-0.2, 0) is 10.0 Å². The lowest BCUT2D eigenvalue weighted by Crippen LogP contribution is -2.24. The van der Waals surface area contributed by atoms with Crippen LogP contribution in [0.15, 0.2) is 23.1 Å². The second-order valence-electron chi connectivity index (χ2n) is 5.76. The van der Waals surface area contributed by atoms with E-state index in [-0.39, 0.29) is 0 Å². The van der Waals surface area contributed by atoms with Crippen LogP contribution in [0.2, 0.25) is 0 Å². The smallest absolute Gasteiger partial charge is 0.240 e. The zero-order valence-corrected chi connectivity index (χ0v) is 13.3. The Hall–Kier alpha value is -1.07. The lowest BCUT2D eigenvalue weighted by Gasteiger charge is -2.29. The van der Waals surface area contributed by atoms with Gasteiger partial charge < -0.3 is 5.32 Å². The molecule has 1 unspecified atom stereocenters. The average molecular weight is 296 g/mol. The quantitative estimate of drug-likeness (QED) is 0.848. The first-order chi connectivity index (χ1) is 9.42. The van der Waals surface area contributed by atoms with E-state index in [4.69, 9.17) is 0 Å². The van der Waals surface area contributed by atoms with E-state index in [0.717, 1.165) is 23.6 Å². The van der Waals surface area contributed by atoms with Gasteiger partial charge in [-0.1, -0.05) is 25.3 Å². The summed E-state index contributed by atoms with van der Waals surface area (Å²) < 4.78 is 26.0. The third kappa shape index (κ3) is 3.52. The third-order valence-electron chi connectivity index (χ3n) is 4.10. The summed E-state index contributed by atoms with van der Waals surface area (Å²) in [6.45, 7) is 4.16. The summed E-state index contributed by atoms with van der Waals surface area (Å²) in [6, 6.07) is 5.58. The van der Waals surface area contributed by atoms with Crippen LogP contribution in [0.1, 0.15) is 38.2 Å². The maximum Gasteiger partial charge on any atom is 0.240 e. The molecule has 1 aliphatic rings. The molecular weight excluding hydrogens is 272 g/mol. The molecule has 5 heteroatoms. The fourth-order valence-corrected chi connectivity index (χ4v) is 3.35. The Labute approximate surface area is 122 Å². The van der Waals surface area contributed by atoms with E-state index in [1.165, 1.54) is 26.3 Å². The van der Waals surface area contributed by atoms with Crippen LogP contribution in [0.5, 0.6) is 0 Å². The predicted octanol–water partition coefficient (Wildman–Crippen LogP) is 2.89. The molecule has 1 aliphatic carbocycles. The average Bonchev–Trinajstić information content (AvgIpc) is 2.36. The van der Waals surface area contributed by atoms with Crippen LogP contribution >= 0.6 is 0 Å². The van der Waals surface area contributed by atoms with Crippen LogP contribution in [0.4, 0.5) is 5.69 Å². The number of rotatable bonds is 6. The monoisotopic (exact) mass is 296 g/mol. The van der Waals surface area contributed by atoms with Gasteiger partial charge in [0.25, 0.3) is 0 Å². The van der Waals surface area contributed by atoms with Gasteiger partial charge in [-0.15, -0.1) is 0 Å². The maximum atomic E-state index is 11.8. The zero-order chi connectivity index (χ0) is 14.8. The van der Waals surface area contributed by atoms with Gasteiger partial charge in [-0.05, 0) is 50.9 Å². The summed E-state index contributed by atoms with van der Waals surface area (Å²) in [5.41, 5.74) is 1.98. The molecule has 0 heterocycles. The molecule has 4 nitrogen and oxygen atoms in total. The fourth-order valence-electron chi connectivity index (χ4n) is 2.59. The topological polar surface area (TPSA) is 58.2 Å². The molecule has 1 aromatic carbocycles. The number of aryl methyl sites for hydroxylation is 1. The van der Waals surface area contributed by atoms with Crippen LogP contribution in [-0.4, -0.2) is 21.5 Å². The van der Waals surface area contributed by atoms with Crippen molar-refractivity contribution in [2.45, 2.75) is 50.5 Å². The van der Waals surface area contributed by atoms with E-state index in [1.54, 1.807) is 12.1 Å². The van der Waals surface area contributed by atoms with Gasteiger partial charge in [0, 0.05) is 11.7 Å². The van der Waals surface area contributed by atoms with Crippen molar-refractivity contribution in [1.82, 2.24) is 4.72 Å². The summed E-state index contributed by atoms with van der Waals surface area (Å²) in [5, 5.41) is 3.45. The molecule has 2 rings (SSSR count). The fraction of sp³-hybridized carbons (Fsp3) is 0.600. The molecule has 1 fully saturated rings. The van der Waals surface area contributed by atoms with E-state index < -0.39 is 10.0 Å². The van der Waals surface area contributed by atoms with E-state index in [9.17, 15) is 8.42 Å². The van der Waals surface area contributed by atoms with Crippen molar-refractivity contribution in [3.8, 4) is 0 Å². The van der Waals surface area contributed by atoms with Gasteiger partial charge in [0.05, 0.1) is 4.90 Å². The molecule has 112 valence electrons. The van der Waals surface area contributed by atoms with Crippen molar-refractivity contribution in [1.29, 1.82) is 0 Å². The van der Waals surface area contributed by atoms with E-state index >= 15 is 0 Å². The van der Waals surface area contributed by atoms with Crippen LogP contribution in [0, 0.1) is 12.8 Å². The van der Waals surface area contributed by atoms with Gasteiger partial charge in [0.2, 0.25) is 10.0 Å². The number of nitrogens with one attached hydrogen (secondary N) is 2. The Morgan fingerprint density at radius 3 is 2.60 bits per heavy atom. The minimum atomic E-state index is -3.38. The minimum Gasteiger partial charge on any atom is -0.382 e. The molecule has 2 N–H and O–H groups in total. The van der Waals surface area contributed by atoms with Crippen LogP contribution in [0.25, 0.3) is 0 Å². The molecule has 1 atom stereocenters. The Morgan fingerprint density at radius 2 is 2.05 bits per heavy atom. The summed E-state index contributed by atoms with van der Waals surface area (Å²) in [5.74, 6) is 0.835. The number of benzene rings is 1. The molecule has 1 saturated carbocycles. The number of hydrogen-bond donors (Lipinski definition) is 2. The molecule has 20 heavy (non-hydrogen) atoms. The third-order valence-corrected chi connectivity index (χ3v) is 5.51. The zero-order valence-electron chi connectivity index (χ0n) is 12.4. The summed E-state index contributed by atoms with van der Waals surface area (Å²) in [4.78, 5) is 0.309. The van der Waals surface area contributed by atoms with Gasteiger partial charge in [-0.25, -0.2) is 13.1 Å². The van der Waals surface area contributed by atoms with Crippen molar-refractivity contribution in [2.75, 3.05) is 12.4 Å². The largest absolute Gasteiger partial charge is 0.382 e. The first-order valence-electron chi connectivity index (χ1n) is 7.23. The first-order valence-corrected chi connectivity index (χ1v) is 8.71. The van der Waals surface area contributed by atoms with Gasteiger partial charge in [0.15, 0.2) is 0 Å². The van der Waals surface area contributed by atoms with Crippen molar-refractivity contribution < 1.29 is 8.42 Å². The Balaban J connectivity index is 2.11. The first kappa shape index (κ1) is 15.3. The highest BCUT2D eigenvalue weighted by Gasteiger charge is 2.20. The second kappa shape index (κ2) is 6.14. The molecule has 0 amide bonds. The molecule has 0 radical (unpaired) electrons. The Kier molecular flexibility index (Phi) is 4.70. The Bertz CT molecular complexity index is 565. The Morgan fingerprint density at radius 1 is 1.35 bits per heavy atom. The van der Waals surface area contributed by atoms with Gasteiger partial charge in [0.1, 0.15) is 0 Å². The van der Waals surface area contributed by atoms with Crippen molar-refractivity contribution in [3.63, 3.8) is 0 Å². The van der Waals surface area contributed by atoms with Crippen molar-refractivity contribution in [3.05, 3.63) is 23.8 Å². The summed E-state index contributed by atoms with van der Waals surface area (Å²) in [7, 11) is -1.95. The standard InChI is InChI=1S/C15H24N2O2S/c1-11-7-8-14(20(18,19)16-3)10-15(11)17-12(2)9-13-5-4-6-13/h7-8,10,12-13,16-17H,4-6,9H2,1-3H3. The highest BCUT2D eigenvalue weighted by Crippen LogP contribution is 2.31. The molecule has 0 spiro atoms. The van der Waals surface area contributed by atoms with Gasteiger partial charge in [-0.2, -0.15) is 0 Å². The molecule has 1 aromatic rings. The SMILES string of the molecule is CNS(=O)(=O)c1ccc(C)c(NC(C)CC2CCC2)c1.